The standard InChI is InChI=1S/C13H14N2O2/c14-12-6-5-11(13(17)15-7-8-16)9-3-1-2-4-10(9)12/h1-6,16H,7-8,14H2,(H,15,17). The molecule has 0 heterocycles. The van der Waals surface area contributed by atoms with E-state index in [1.807, 2.05) is 24.3 Å². The SMILES string of the molecule is Nc1ccc(C(=O)NCCO)c2ccccc12. The quantitative estimate of drug-likeness (QED) is 0.692. The Morgan fingerprint density at radius 3 is 2.59 bits per heavy atom. The molecule has 1 amide bonds. The summed E-state index contributed by atoms with van der Waals surface area (Å²) in [5.74, 6) is -0.199. The van der Waals surface area contributed by atoms with E-state index in [9.17, 15) is 4.79 Å². The monoisotopic (exact) mass is 230 g/mol. The fraction of sp³-hybridized carbons (Fsp3) is 0.154. The van der Waals surface area contributed by atoms with Gasteiger partial charge in [-0.25, -0.2) is 0 Å². The third-order valence-corrected chi connectivity index (χ3v) is 2.60. The Morgan fingerprint density at radius 2 is 1.88 bits per heavy atom. The molecule has 0 saturated heterocycles. The van der Waals surface area contributed by atoms with Crippen LogP contribution in [0, 0.1) is 0 Å². The first-order valence-electron chi connectivity index (χ1n) is 5.40. The van der Waals surface area contributed by atoms with Crippen LogP contribution in [0.1, 0.15) is 10.4 Å². The highest BCUT2D eigenvalue weighted by atomic mass is 16.3. The minimum absolute atomic E-state index is 0.0708. The van der Waals surface area contributed by atoms with Gasteiger partial charge in [-0.3, -0.25) is 4.79 Å². The molecule has 0 aliphatic carbocycles. The lowest BCUT2D eigenvalue weighted by Crippen LogP contribution is -2.26. The number of nitrogens with one attached hydrogen (secondary N) is 1. The Labute approximate surface area is 99.1 Å². The lowest BCUT2D eigenvalue weighted by Gasteiger charge is -2.08. The van der Waals surface area contributed by atoms with Crippen molar-refractivity contribution in [3.8, 4) is 0 Å². The first-order valence-corrected chi connectivity index (χ1v) is 5.40. The number of nitrogens with two attached hydrogens (primary N) is 1. The van der Waals surface area contributed by atoms with Gasteiger partial charge in [-0.15, -0.1) is 0 Å². The molecule has 4 nitrogen and oxygen atoms in total. The molecule has 0 unspecified atom stereocenters. The molecule has 17 heavy (non-hydrogen) atoms. The summed E-state index contributed by atoms with van der Waals surface area (Å²) in [5, 5.41) is 13.0. The predicted molar refractivity (Wildman–Crippen MR) is 67.8 cm³/mol. The van der Waals surface area contributed by atoms with Gasteiger partial charge in [-0.2, -0.15) is 0 Å². The Bertz CT molecular complexity index is 552. The normalized spacial score (nSPS) is 10.4. The molecule has 4 heteroatoms. The molecular weight excluding hydrogens is 216 g/mol. The average molecular weight is 230 g/mol. The number of aliphatic hydroxyl groups excluding tert-OH is 1. The molecule has 0 aliphatic heterocycles. The number of amides is 1. The van der Waals surface area contributed by atoms with Crippen LogP contribution in [0.2, 0.25) is 0 Å². The highest BCUT2D eigenvalue weighted by Gasteiger charge is 2.10. The Morgan fingerprint density at radius 1 is 1.18 bits per heavy atom. The van der Waals surface area contributed by atoms with Crippen molar-refractivity contribution in [2.45, 2.75) is 0 Å². The summed E-state index contributed by atoms with van der Waals surface area (Å²) in [6, 6.07) is 10.9. The molecular formula is C13H14N2O2. The summed E-state index contributed by atoms with van der Waals surface area (Å²) >= 11 is 0. The van der Waals surface area contributed by atoms with Gasteiger partial charge < -0.3 is 16.2 Å². The van der Waals surface area contributed by atoms with E-state index < -0.39 is 0 Å². The van der Waals surface area contributed by atoms with Crippen LogP contribution in [0.15, 0.2) is 36.4 Å². The molecule has 0 fully saturated rings. The van der Waals surface area contributed by atoms with Crippen molar-refractivity contribution >= 4 is 22.4 Å². The van der Waals surface area contributed by atoms with E-state index in [2.05, 4.69) is 5.32 Å². The fourth-order valence-electron chi connectivity index (χ4n) is 1.79. The second-order valence-corrected chi connectivity index (χ2v) is 3.73. The molecule has 0 bridgehead atoms. The van der Waals surface area contributed by atoms with Crippen molar-refractivity contribution in [3.63, 3.8) is 0 Å². The van der Waals surface area contributed by atoms with E-state index in [0.29, 0.717) is 11.3 Å². The highest BCUT2D eigenvalue weighted by Crippen LogP contribution is 2.24. The van der Waals surface area contributed by atoms with Crippen LogP contribution >= 0.6 is 0 Å². The van der Waals surface area contributed by atoms with Crippen molar-refractivity contribution < 1.29 is 9.90 Å². The van der Waals surface area contributed by atoms with Crippen molar-refractivity contribution in [2.24, 2.45) is 0 Å². The van der Waals surface area contributed by atoms with Crippen LogP contribution in [0.3, 0.4) is 0 Å². The number of hydrogen-bond acceptors (Lipinski definition) is 3. The van der Waals surface area contributed by atoms with Gasteiger partial charge in [0.1, 0.15) is 0 Å². The number of rotatable bonds is 3. The van der Waals surface area contributed by atoms with Gasteiger partial charge in [0.25, 0.3) is 5.91 Å². The van der Waals surface area contributed by atoms with Gasteiger partial charge in [-0.1, -0.05) is 24.3 Å². The minimum atomic E-state index is -0.199. The molecule has 0 saturated carbocycles. The maximum atomic E-state index is 11.9. The number of anilines is 1. The molecule has 0 spiro atoms. The van der Waals surface area contributed by atoms with Gasteiger partial charge in [0.05, 0.1) is 6.61 Å². The van der Waals surface area contributed by atoms with Crippen molar-refractivity contribution in [1.82, 2.24) is 5.32 Å². The van der Waals surface area contributed by atoms with Crippen LogP contribution < -0.4 is 11.1 Å². The van der Waals surface area contributed by atoms with Crippen molar-refractivity contribution in [3.05, 3.63) is 42.0 Å². The van der Waals surface area contributed by atoms with E-state index in [1.165, 1.54) is 0 Å². The molecule has 4 N–H and O–H groups in total. The largest absolute Gasteiger partial charge is 0.398 e. The van der Waals surface area contributed by atoms with Gasteiger partial charge in [0.15, 0.2) is 0 Å². The number of fused-ring (bicyclic) bond motifs is 1. The number of benzene rings is 2. The molecule has 0 radical (unpaired) electrons. The minimum Gasteiger partial charge on any atom is -0.398 e. The van der Waals surface area contributed by atoms with Crippen LogP contribution in [0.4, 0.5) is 5.69 Å². The first kappa shape index (κ1) is 11.4. The predicted octanol–water partition coefficient (Wildman–Crippen LogP) is 1.14. The molecule has 88 valence electrons. The van der Waals surface area contributed by atoms with E-state index in [0.717, 1.165) is 10.8 Å². The molecule has 2 rings (SSSR count). The molecule has 0 atom stereocenters. The van der Waals surface area contributed by atoms with Gasteiger partial charge in [0, 0.05) is 23.2 Å². The summed E-state index contributed by atoms with van der Waals surface area (Å²) < 4.78 is 0. The molecule has 0 aliphatic rings. The van der Waals surface area contributed by atoms with Gasteiger partial charge in [-0.05, 0) is 17.5 Å². The second-order valence-electron chi connectivity index (χ2n) is 3.73. The molecule has 0 aromatic heterocycles. The summed E-state index contributed by atoms with van der Waals surface area (Å²) in [6.45, 7) is 0.177. The van der Waals surface area contributed by atoms with Gasteiger partial charge in [0.2, 0.25) is 0 Å². The Hall–Kier alpha value is -2.07. The van der Waals surface area contributed by atoms with E-state index in [-0.39, 0.29) is 19.1 Å². The summed E-state index contributed by atoms with van der Waals surface area (Å²) in [7, 11) is 0. The van der Waals surface area contributed by atoms with E-state index >= 15 is 0 Å². The summed E-state index contributed by atoms with van der Waals surface area (Å²) in [6.07, 6.45) is 0. The zero-order valence-electron chi connectivity index (χ0n) is 9.31. The number of carbonyl (C=O) groups is 1. The number of hydrogen-bond donors (Lipinski definition) is 3. The average Bonchev–Trinajstić information content (AvgIpc) is 2.37. The Kier molecular flexibility index (Phi) is 3.25. The van der Waals surface area contributed by atoms with E-state index in [4.69, 9.17) is 10.8 Å². The maximum Gasteiger partial charge on any atom is 0.251 e. The zero-order chi connectivity index (χ0) is 12.3. The second kappa shape index (κ2) is 4.84. The number of aliphatic hydroxyl groups is 1. The zero-order valence-corrected chi connectivity index (χ0v) is 9.31. The topological polar surface area (TPSA) is 75.4 Å². The Balaban J connectivity index is 2.48. The fourth-order valence-corrected chi connectivity index (χ4v) is 1.79. The third kappa shape index (κ3) is 2.21. The van der Waals surface area contributed by atoms with Crippen molar-refractivity contribution in [1.29, 1.82) is 0 Å². The van der Waals surface area contributed by atoms with Crippen LogP contribution in [-0.2, 0) is 0 Å². The number of carbonyl (C=O) groups excluding carboxylic acids is 1. The van der Waals surface area contributed by atoms with Crippen LogP contribution in [0.5, 0.6) is 0 Å². The number of nitrogen functional groups attached to an aromatic ring is 1. The molecule has 2 aromatic carbocycles. The van der Waals surface area contributed by atoms with Crippen LogP contribution in [0.25, 0.3) is 10.8 Å². The smallest absolute Gasteiger partial charge is 0.251 e. The molecule has 2 aromatic rings. The van der Waals surface area contributed by atoms with Crippen molar-refractivity contribution in [2.75, 3.05) is 18.9 Å². The summed E-state index contributed by atoms with van der Waals surface area (Å²) in [5.41, 5.74) is 7.08. The highest BCUT2D eigenvalue weighted by molar-refractivity contribution is 6.09. The first-order chi connectivity index (χ1) is 8.24. The maximum absolute atomic E-state index is 11.9. The lowest BCUT2D eigenvalue weighted by atomic mass is 10.0. The van der Waals surface area contributed by atoms with Gasteiger partial charge >= 0.3 is 0 Å². The summed E-state index contributed by atoms with van der Waals surface area (Å²) in [4.78, 5) is 11.9. The third-order valence-electron chi connectivity index (χ3n) is 2.60. The van der Waals surface area contributed by atoms with Crippen LogP contribution in [-0.4, -0.2) is 24.2 Å². The lowest BCUT2D eigenvalue weighted by molar-refractivity contribution is 0.0946. The van der Waals surface area contributed by atoms with E-state index in [1.54, 1.807) is 12.1 Å².